The van der Waals surface area contributed by atoms with E-state index in [1.807, 2.05) is 42.5 Å². The zero-order chi connectivity index (χ0) is 18.3. The Labute approximate surface area is 159 Å². The fourth-order valence-corrected chi connectivity index (χ4v) is 2.90. The predicted octanol–water partition coefficient (Wildman–Crippen LogP) is 4.86. The lowest BCUT2D eigenvalue weighted by Crippen LogP contribution is -2.08. The van der Waals surface area contributed by atoms with Crippen LogP contribution in [0.1, 0.15) is 5.56 Å². The third-order valence-corrected chi connectivity index (χ3v) is 4.28. The number of pyridine rings is 1. The van der Waals surface area contributed by atoms with Crippen molar-refractivity contribution in [3.8, 4) is 22.6 Å². The number of nitrogens with one attached hydrogen (secondary N) is 1. The van der Waals surface area contributed by atoms with Gasteiger partial charge in [-0.05, 0) is 24.1 Å². The molecule has 1 N–H and O–H groups in total. The van der Waals surface area contributed by atoms with Gasteiger partial charge in [-0.2, -0.15) is 0 Å². The van der Waals surface area contributed by atoms with Crippen molar-refractivity contribution in [1.82, 2.24) is 15.0 Å². The van der Waals surface area contributed by atoms with Gasteiger partial charge in [0.15, 0.2) is 5.82 Å². The molecule has 0 radical (unpaired) electrons. The van der Waals surface area contributed by atoms with Gasteiger partial charge >= 0.3 is 0 Å². The summed E-state index contributed by atoms with van der Waals surface area (Å²) in [6.07, 6.45) is 4.48. The van der Waals surface area contributed by atoms with E-state index >= 15 is 0 Å². The second-order valence-corrected chi connectivity index (χ2v) is 6.23. The molecule has 2 aromatic carbocycles. The van der Waals surface area contributed by atoms with E-state index < -0.39 is 0 Å². The van der Waals surface area contributed by atoms with E-state index in [0.29, 0.717) is 5.82 Å². The van der Waals surface area contributed by atoms with Crippen LogP contribution in [0, 0.1) is 0 Å². The molecule has 0 spiro atoms. The molecule has 0 atom stereocenters. The number of benzene rings is 2. The van der Waals surface area contributed by atoms with Gasteiger partial charge in [0.25, 0.3) is 0 Å². The summed E-state index contributed by atoms with van der Waals surface area (Å²) in [5, 5.41) is 3.44. The van der Waals surface area contributed by atoms with Crippen molar-refractivity contribution >= 4 is 5.82 Å². The van der Waals surface area contributed by atoms with Crippen molar-refractivity contribution in [2.24, 2.45) is 0 Å². The summed E-state index contributed by atoms with van der Waals surface area (Å²) in [6.45, 7) is 0.807. The third-order valence-electron chi connectivity index (χ3n) is 4.28. The fourth-order valence-electron chi connectivity index (χ4n) is 2.90. The molecule has 0 bridgehead atoms. The SMILES string of the molecule is c1ccc(CCNc2cc(-c3ccccc3)nc(-c3cccnc3)n2)cc1. The number of rotatable bonds is 6. The minimum Gasteiger partial charge on any atom is -0.370 e. The first kappa shape index (κ1) is 16.9. The summed E-state index contributed by atoms with van der Waals surface area (Å²) in [6, 6.07) is 26.5. The van der Waals surface area contributed by atoms with Gasteiger partial charge in [-0.3, -0.25) is 4.98 Å². The second-order valence-electron chi connectivity index (χ2n) is 6.23. The zero-order valence-corrected chi connectivity index (χ0v) is 14.9. The molecule has 4 aromatic rings. The van der Waals surface area contributed by atoms with Gasteiger partial charge in [-0.15, -0.1) is 0 Å². The summed E-state index contributed by atoms with van der Waals surface area (Å²) in [5.74, 6) is 1.49. The average Bonchev–Trinajstić information content (AvgIpc) is 2.76. The van der Waals surface area contributed by atoms with E-state index in [9.17, 15) is 0 Å². The van der Waals surface area contributed by atoms with Crippen molar-refractivity contribution in [3.05, 3.63) is 96.8 Å². The van der Waals surface area contributed by atoms with Crippen LogP contribution in [-0.2, 0) is 6.42 Å². The van der Waals surface area contributed by atoms with Gasteiger partial charge in [0, 0.05) is 36.1 Å². The van der Waals surface area contributed by atoms with E-state index in [0.717, 1.165) is 35.6 Å². The highest BCUT2D eigenvalue weighted by Gasteiger charge is 2.08. The summed E-state index contributed by atoms with van der Waals surface area (Å²) >= 11 is 0. The topological polar surface area (TPSA) is 50.7 Å². The number of nitrogens with zero attached hydrogens (tertiary/aromatic N) is 3. The fraction of sp³-hybridized carbons (Fsp3) is 0.0870. The van der Waals surface area contributed by atoms with E-state index in [4.69, 9.17) is 9.97 Å². The molecule has 0 saturated heterocycles. The molecule has 27 heavy (non-hydrogen) atoms. The molecular formula is C23H20N4. The minimum absolute atomic E-state index is 0.673. The highest BCUT2D eigenvalue weighted by Crippen LogP contribution is 2.23. The van der Waals surface area contributed by atoms with Gasteiger partial charge in [0.1, 0.15) is 5.82 Å². The molecule has 0 saturated carbocycles. The van der Waals surface area contributed by atoms with E-state index in [2.05, 4.69) is 46.7 Å². The predicted molar refractivity (Wildman–Crippen MR) is 109 cm³/mol. The number of aromatic nitrogens is 3. The van der Waals surface area contributed by atoms with Gasteiger partial charge in [-0.1, -0.05) is 60.7 Å². The number of anilines is 1. The molecule has 0 amide bonds. The van der Waals surface area contributed by atoms with Crippen LogP contribution in [0.4, 0.5) is 5.82 Å². The molecule has 0 unspecified atom stereocenters. The molecule has 0 aliphatic heterocycles. The van der Waals surface area contributed by atoms with Crippen LogP contribution in [0.2, 0.25) is 0 Å². The Hall–Kier alpha value is -3.53. The minimum atomic E-state index is 0.673. The standard InChI is InChI=1S/C23H20N4/c1-3-8-18(9-4-1)13-15-25-22-16-21(19-10-5-2-6-11-19)26-23(27-22)20-12-7-14-24-17-20/h1-12,14,16-17H,13,15H2,(H,25,26,27). The Morgan fingerprint density at radius 3 is 2.22 bits per heavy atom. The van der Waals surface area contributed by atoms with Gasteiger partial charge in [-0.25, -0.2) is 9.97 Å². The smallest absolute Gasteiger partial charge is 0.163 e. The first-order valence-corrected chi connectivity index (χ1v) is 9.01. The molecule has 2 heterocycles. The van der Waals surface area contributed by atoms with Crippen LogP contribution in [0.5, 0.6) is 0 Å². The van der Waals surface area contributed by atoms with Crippen molar-refractivity contribution in [2.45, 2.75) is 6.42 Å². The van der Waals surface area contributed by atoms with Gasteiger partial charge in [0.2, 0.25) is 0 Å². The molecule has 0 aliphatic rings. The summed E-state index contributed by atoms with van der Waals surface area (Å²) in [4.78, 5) is 13.6. The maximum Gasteiger partial charge on any atom is 0.163 e. The van der Waals surface area contributed by atoms with Crippen molar-refractivity contribution in [3.63, 3.8) is 0 Å². The molecule has 4 nitrogen and oxygen atoms in total. The Bertz CT molecular complexity index is 929. The Morgan fingerprint density at radius 2 is 1.48 bits per heavy atom. The summed E-state index contributed by atoms with van der Waals surface area (Å²) in [5.41, 5.74) is 4.17. The van der Waals surface area contributed by atoms with E-state index in [1.165, 1.54) is 5.56 Å². The Kier molecular flexibility index (Phi) is 5.16. The lowest BCUT2D eigenvalue weighted by Gasteiger charge is -2.10. The van der Waals surface area contributed by atoms with Crippen LogP contribution < -0.4 is 5.32 Å². The van der Waals surface area contributed by atoms with E-state index in [-0.39, 0.29) is 0 Å². The molecule has 0 fully saturated rings. The van der Waals surface area contributed by atoms with Crippen molar-refractivity contribution in [1.29, 1.82) is 0 Å². The maximum atomic E-state index is 4.75. The molecular weight excluding hydrogens is 332 g/mol. The largest absolute Gasteiger partial charge is 0.370 e. The monoisotopic (exact) mass is 352 g/mol. The molecule has 4 rings (SSSR count). The second kappa shape index (κ2) is 8.23. The first-order valence-electron chi connectivity index (χ1n) is 9.01. The molecule has 2 aromatic heterocycles. The third kappa shape index (κ3) is 4.36. The van der Waals surface area contributed by atoms with Crippen LogP contribution >= 0.6 is 0 Å². The highest BCUT2D eigenvalue weighted by atomic mass is 15.0. The number of hydrogen-bond acceptors (Lipinski definition) is 4. The van der Waals surface area contributed by atoms with Crippen LogP contribution in [0.3, 0.4) is 0 Å². The van der Waals surface area contributed by atoms with Crippen LogP contribution in [0.15, 0.2) is 91.3 Å². The summed E-state index contributed by atoms with van der Waals surface area (Å²) in [7, 11) is 0. The van der Waals surface area contributed by atoms with Crippen LogP contribution in [0.25, 0.3) is 22.6 Å². The van der Waals surface area contributed by atoms with Gasteiger partial charge < -0.3 is 5.32 Å². The van der Waals surface area contributed by atoms with Crippen molar-refractivity contribution in [2.75, 3.05) is 11.9 Å². The quantitative estimate of drug-likeness (QED) is 0.538. The highest BCUT2D eigenvalue weighted by molar-refractivity contribution is 5.67. The lowest BCUT2D eigenvalue weighted by molar-refractivity contribution is 1.00. The lowest BCUT2D eigenvalue weighted by atomic mass is 10.1. The first-order chi connectivity index (χ1) is 13.4. The van der Waals surface area contributed by atoms with Crippen molar-refractivity contribution < 1.29 is 0 Å². The van der Waals surface area contributed by atoms with Crippen LogP contribution in [-0.4, -0.2) is 21.5 Å². The molecule has 0 aliphatic carbocycles. The zero-order valence-electron chi connectivity index (χ0n) is 14.9. The Balaban J connectivity index is 1.62. The van der Waals surface area contributed by atoms with Gasteiger partial charge in [0.05, 0.1) is 5.69 Å². The maximum absolute atomic E-state index is 4.75. The molecule has 4 heteroatoms. The average molecular weight is 352 g/mol. The molecule has 132 valence electrons. The van der Waals surface area contributed by atoms with E-state index in [1.54, 1.807) is 12.4 Å². The normalized spacial score (nSPS) is 10.5. The number of hydrogen-bond donors (Lipinski definition) is 1. The summed E-state index contributed by atoms with van der Waals surface area (Å²) < 4.78 is 0. The Morgan fingerprint density at radius 1 is 0.741 bits per heavy atom.